The maximum Gasteiger partial charge on any atom is 0.169 e. The molecule has 0 spiro atoms. The summed E-state index contributed by atoms with van der Waals surface area (Å²) in [5, 5.41) is 32.3. The summed E-state index contributed by atoms with van der Waals surface area (Å²) in [4.78, 5) is 14.7. The van der Waals surface area contributed by atoms with Crippen LogP contribution in [-0.4, -0.2) is 33.3 Å². The molecule has 5 aliphatic carbocycles. The summed E-state index contributed by atoms with van der Waals surface area (Å²) >= 11 is 0. The summed E-state index contributed by atoms with van der Waals surface area (Å²) in [7, 11) is 0. The molecule has 0 amide bonds. The van der Waals surface area contributed by atoms with Gasteiger partial charge in [-0.1, -0.05) is 84.4 Å². The van der Waals surface area contributed by atoms with Crippen molar-refractivity contribution in [3.63, 3.8) is 0 Å². The standard InChI is InChI=1S/C37H54O4/c1-22-14-17-37(31(40)25-11-9-8-10-24(25)21-38)19-18-35(6)26(30(37)23(22)2)12-13-29-34(5)20-27(39)32(41)33(3,4)28(34)15-16-36(29,35)7/h8-12,22-23,27-30,32,38-39,41H,13-21H2,1-7H3/t22-,23+,27?,28+,29-,30+,32?,34+,35-,36-,37+/m1/s1. The minimum atomic E-state index is -0.686. The third-order valence-corrected chi connectivity index (χ3v) is 14.8. The van der Waals surface area contributed by atoms with E-state index in [4.69, 9.17) is 0 Å². The first kappa shape index (κ1) is 29.6. The second kappa shape index (κ2) is 9.50. The van der Waals surface area contributed by atoms with Gasteiger partial charge in [-0.15, -0.1) is 0 Å². The SMILES string of the molecule is C[C@H]1[C@H](C)CC[C@]2(C(=O)c3ccccc3CO)CC[C@]3(C)C(=CC[C@@H]4[C@@]5(C)CC(O)C(O)C(C)(C)[C@@H]5CC[C@]43C)[C@H]12. The Morgan fingerprint density at radius 1 is 0.927 bits per heavy atom. The van der Waals surface area contributed by atoms with Gasteiger partial charge in [-0.2, -0.15) is 0 Å². The van der Waals surface area contributed by atoms with Crippen molar-refractivity contribution in [2.45, 2.75) is 119 Å². The highest BCUT2D eigenvalue weighted by atomic mass is 16.3. The van der Waals surface area contributed by atoms with Gasteiger partial charge in [-0.25, -0.2) is 0 Å². The van der Waals surface area contributed by atoms with E-state index in [2.05, 4.69) is 54.5 Å². The van der Waals surface area contributed by atoms with E-state index in [1.54, 1.807) is 0 Å². The molecule has 4 nitrogen and oxygen atoms in total. The molecule has 4 heteroatoms. The lowest BCUT2D eigenvalue weighted by Crippen LogP contribution is -2.67. The van der Waals surface area contributed by atoms with E-state index in [1.807, 2.05) is 24.3 Å². The highest BCUT2D eigenvalue weighted by Gasteiger charge is 2.70. The average molecular weight is 563 g/mol. The zero-order chi connectivity index (χ0) is 29.8. The van der Waals surface area contributed by atoms with Gasteiger partial charge in [0.15, 0.2) is 5.78 Å². The summed E-state index contributed by atoms with van der Waals surface area (Å²) in [6, 6.07) is 7.71. The Balaban J connectivity index is 1.46. The average Bonchev–Trinajstić information content (AvgIpc) is 2.93. The Bertz CT molecular complexity index is 1250. The fourth-order valence-corrected chi connectivity index (χ4v) is 12.2. The smallest absolute Gasteiger partial charge is 0.169 e. The fraction of sp³-hybridized carbons (Fsp3) is 0.757. The van der Waals surface area contributed by atoms with Crippen molar-refractivity contribution in [3.05, 3.63) is 47.0 Å². The van der Waals surface area contributed by atoms with Gasteiger partial charge in [0.05, 0.1) is 18.8 Å². The molecular weight excluding hydrogens is 508 g/mol. The number of carbonyl (C=O) groups excluding carboxylic acids is 1. The van der Waals surface area contributed by atoms with Gasteiger partial charge >= 0.3 is 0 Å². The van der Waals surface area contributed by atoms with Gasteiger partial charge in [0, 0.05) is 11.0 Å². The molecule has 0 aromatic heterocycles. The van der Waals surface area contributed by atoms with E-state index >= 15 is 0 Å². The van der Waals surface area contributed by atoms with Crippen LogP contribution in [0.1, 0.15) is 116 Å². The van der Waals surface area contributed by atoms with Crippen molar-refractivity contribution in [1.29, 1.82) is 0 Å². The molecule has 11 atom stereocenters. The van der Waals surface area contributed by atoms with E-state index in [0.717, 1.165) is 56.1 Å². The summed E-state index contributed by atoms with van der Waals surface area (Å²) in [6.45, 7) is 16.5. The maximum atomic E-state index is 14.7. The Labute approximate surface area is 248 Å². The minimum absolute atomic E-state index is 0.00861. The largest absolute Gasteiger partial charge is 0.392 e. The Hall–Kier alpha value is -1.49. The van der Waals surface area contributed by atoms with Crippen LogP contribution in [0.25, 0.3) is 0 Å². The van der Waals surface area contributed by atoms with Crippen LogP contribution in [-0.2, 0) is 6.61 Å². The third kappa shape index (κ3) is 3.72. The first-order valence-corrected chi connectivity index (χ1v) is 16.5. The van der Waals surface area contributed by atoms with Crippen LogP contribution >= 0.6 is 0 Å². The van der Waals surface area contributed by atoms with Crippen molar-refractivity contribution < 1.29 is 20.1 Å². The normalized spacial score (nSPS) is 48.6. The molecule has 0 heterocycles. The third-order valence-electron chi connectivity index (χ3n) is 14.8. The molecular formula is C37H54O4. The van der Waals surface area contributed by atoms with E-state index in [0.29, 0.717) is 30.1 Å². The molecule has 0 radical (unpaired) electrons. The molecule has 5 aliphatic rings. The zero-order valence-electron chi connectivity index (χ0n) is 26.5. The first-order valence-electron chi connectivity index (χ1n) is 16.5. The van der Waals surface area contributed by atoms with Crippen LogP contribution in [0.4, 0.5) is 0 Å². The molecule has 0 aliphatic heterocycles. The van der Waals surface area contributed by atoms with Crippen LogP contribution < -0.4 is 0 Å². The predicted molar refractivity (Wildman–Crippen MR) is 163 cm³/mol. The van der Waals surface area contributed by atoms with Crippen molar-refractivity contribution in [2.24, 2.45) is 56.7 Å². The number of rotatable bonds is 3. The van der Waals surface area contributed by atoms with Gasteiger partial charge in [0.25, 0.3) is 0 Å². The van der Waals surface area contributed by atoms with Gasteiger partial charge in [-0.05, 0) is 108 Å². The molecule has 4 saturated carbocycles. The highest BCUT2D eigenvalue weighted by molar-refractivity contribution is 6.02. The molecule has 3 N–H and O–H groups in total. The summed E-state index contributed by atoms with van der Waals surface area (Å²) in [5.41, 5.74) is 2.28. The molecule has 0 saturated heterocycles. The summed E-state index contributed by atoms with van der Waals surface area (Å²) in [5.74, 6) is 2.24. The lowest BCUT2D eigenvalue weighted by molar-refractivity contribution is -0.231. The van der Waals surface area contributed by atoms with Gasteiger partial charge in [0.1, 0.15) is 0 Å². The quantitative estimate of drug-likeness (QED) is 0.266. The Morgan fingerprint density at radius 3 is 2.34 bits per heavy atom. The number of fused-ring (bicyclic) bond motifs is 7. The number of aliphatic hydroxyl groups is 3. The number of benzene rings is 1. The van der Waals surface area contributed by atoms with E-state index < -0.39 is 17.6 Å². The number of carbonyl (C=O) groups is 1. The Morgan fingerprint density at radius 2 is 1.63 bits per heavy atom. The second-order valence-electron chi connectivity index (χ2n) is 16.5. The van der Waals surface area contributed by atoms with Gasteiger partial charge in [0.2, 0.25) is 0 Å². The molecule has 2 unspecified atom stereocenters. The molecule has 226 valence electrons. The number of Topliss-reactive ketones (excluding diaryl/α,β-unsaturated/α-hetero) is 1. The van der Waals surface area contributed by atoms with Crippen molar-refractivity contribution in [3.8, 4) is 0 Å². The fourth-order valence-electron chi connectivity index (χ4n) is 12.2. The second-order valence-corrected chi connectivity index (χ2v) is 16.5. The van der Waals surface area contributed by atoms with Crippen molar-refractivity contribution >= 4 is 5.78 Å². The zero-order valence-corrected chi connectivity index (χ0v) is 26.5. The number of ketones is 1. The molecule has 0 bridgehead atoms. The van der Waals surface area contributed by atoms with E-state index in [1.165, 1.54) is 5.57 Å². The monoisotopic (exact) mass is 562 g/mol. The van der Waals surface area contributed by atoms with Crippen molar-refractivity contribution in [1.82, 2.24) is 0 Å². The van der Waals surface area contributed by atoms with Gasteiger partial charge < -0.3 is 15.3 Å². The number of aliphatic hydroxyl groups excluding tert-OH is 3. The lowest BCUT2D eigenvalue weighted by Gasteiger charge is -2.71. The molecule has 4 fully saturated rings. The van der Waals surface area contributed by atoms with Crippen LogP contribution in [0.3, 0.4) is 0 Å². The van der Waals surface area contributed by atoms with Gasteiger partial charge in [-0.3, -0.25) is 4.79 Å². The molecule has 1 aromatic rings. The van der Waals surface area contributed by atoms with Crippen LogP contribution in [0.2, 0.25) is 0 Å². The van der Waals surface area contributed by atoms with Crippen molar-refractivity contribution in [2.75, 3.05) is 0 Å². The maximum absolute atomic E-state index is 14.7. The number of hydrogen-bond acceptors (Lipinski definition) is 4. The predicted octanol–water partition coefficient (Wildman–Crippen LogP) is 7.35. The lowest BCUT2D eigenvalue weighted by atomic mass is 9.33. The number of hydrogen-bond donors (Lipinski definition) is 3. The highest BCUT2D eigenvalue weighted by Crippen LogP contribution is 2.76. The summed E-state index contributed by atoms with van der Waals surface area (Å²) in [6.07, 6.45) is 8.97. The Kier molecular flexibility index (Phi) is 6.86. The molecule has 1 aromatic carbocycles. The molecule has 41 heavy (non-hydrogen) atoms. The van der Waals surface area contributed by atoms with Crippen LogP contribution in [0.5, 0.6) is 0 Å². The minimum Gasteiger partial charge on any atom is -0.392 e. The topological polar surface area (TPSA) is 77.8 Å². The van der Waals surface area contributed by atoms with E-state index in [-0.39, 0.29) is 40.0 Å². The first-order chi connectivity index (χ1) is 19.2. The van der Waals surface area contributed by atoms with E-state index in [9.17, 15) is 20.1 Å². The van der Waals surface area contributed by atoms with Crippen LogP contribution in [0, 0.1) is 56.7 Å². The van der Waals surface area contributed by atoms with Crippen LogP contribution in [0.15, 0.2) is 35.9 Å². The number of allylic oxidation sites excluding steroid dienone is 2. The summed E-state index contributed by atoms with van der Waals surface area (Å²) < 4.78 is 0. The molecule has 6 rings (SSSR count).